The van der Waals surface area contributed by atoms with Crippen molar-refractivity contribution >= 4 is 16.9 Å². The number of phenols is 1. The lowest BCUT2D eigenvalue weighted by Crippen LogP contribution is -2.48. The quantitative estimate of drug-likeness (QED) is 0.461. The standard InChI is InChI=1S/C24H22FN5O2/c1-14-22-18(24(32)30-10-9-26-13-21(30)15-5-3-2-4-6-15)12-20(27-23(22)29-28-14)17-8-7-16(31)11-19(17)25/h2-8,11-12,21,26,31H,9-10,13H2,1H3,(H,27,28,29). The molecule has 1 aliphatic rings. The van der Waals surface area contributed by atoms with E-state index in [0.717, 1.165) is 17.3 Å². The highest BCUT2D eigenvalue weighted by atomic mass is 19.1. The number of nitrogens with zero attached hydrogens (tertiary/aromatic N) is 3. The van der Waals surface area contributed by atoms with E-state index in [2.05, 4.69) is 20.5 Å². The van der Waals surface area contributed by atoms with Crippen LogP contribution in [-0.2, 0) is 0 Å². The first kappa shape index (κ1) is 20.1. The van der Waals surface area contributed by atoms with Crippen LogP contribution in [0.25, 0.3) is 22.3 Å². The zero-order valence-corrected chi connectivity index (χ0v) is 17.5. The Morgan fingerprint density at radius 2 is 2.00 bits per heavy atom. The van der Waals surface area contributed by atoms with Crippen LogP contribution < -0.4 is 5.32 Å². The van der Waals surface area contributed by atoms with Crippen LogP contribution in [0, 0.1) is 12.7 Å². The molecule has 1 unspecified atom stereocenters. The molecule has 4 aromatic rings. The molecule has 1 amide bonds. The van der Waals surface area contributed by atoms with Gasteiger partial charge in [0.25, 0.3) is 5.91 Å². The Balaban J connectivity index is 1.63. The number of carbonyl (C=O) groups excluding carboxylic acids is 1. The molecule has 0 radical (unpaired) electrons. The molecule has 1 fully saturated rings. The van der Waals surface area contributed by atoms with E-state index in [9.17, 15) is 14.3 Å². The smallest absolute Gasteiger partial charge is 0.255 e. The maximum Gasteiger partial charge on any atom is 0.255 e. The van der Waals surface area contributed by atoms with Crippen LogP contribution in [0.3, 0.4) is 0 Å². The van der Waals surface area contributed by atoms with Gasteiger partial charge in [-0.2, -0.15) is 5.10 Å². The summed E-state index contributed by atoms with van der Waals surface area (Å²) in [7, 11) is 0. The fraction of sp³-hybridized carbons (Fsp3) is 0.208. The van der Waals surface area contributed by atoms with E-state index in [1.807, 2.05) is 42.2 Å². The fourth-order valence-electron chi connectivity index (χ4n) is 4.27. The van der Waals surface area contributed by atoms with Crippen LogP contribution in [0.5, 0.6) is 5.75 Å². The van der Waals surface area contributed by atoms with E-state index in [0.29, 0.717) is 36.2 Å². The molecule has 0 aliphatic carbocycles. The summed E-state index contributed by atoms with van der Waals surface area (Å²) in [5.41, 5.74) is 3.02. The van der Waals surface area contributed by atoms with Gasteiger partial charge in [0.1, 0.15) is 11.6 Å². The topological polar surface area (TPSA) is 94.1 Å². The van der Waals surface area contributed by atoms with Gasteiger partial charge in [-0.25, -0.2) is 9.37 Å². The van der Waals surface area contributed by atoms with Crippen LogP contribution in [0.15, 0.2) is 54.6 Å². The van der Waals surface area contributed by atoms with E-state index in [1.165, 1.54) is 12.1 Å². The van der Waals surface area contributed by atoms with Gasteiger partial charge in [0.2, 0.25) is 0 Å². The molecule has 7 nitrogen and oxygen atoms in total. The van der Waals surface area contributed by atoms with Crippen LogP contribution in [0.2, 0.25) is 0 Å². The lowest BCUT2D eigenvalue weighted by molar-refractivity contribution is 0.0636. The zero-order chi connectivity index (χ0) is 22.2. The third kappa shape index (κ3) is 3.48. The minimum Gasteiger partial charge on any atom is -0.508 e. The van der Waals surface area contributed by atoms with Crippen molar-refractivity contribution in [3.8, 4) is 17.0 Å². The van der Waals surface area contributed by atoms with Crippen LogP contribution in [-0.4, -0.2) is 50.7 Å². The summed E-state index contributed by atoms with van der Waals surface area (Å²) in [6.07, 6.45) is 0. The number of hydrogen-bond acceptors (Lipinski definition) is 5. The number of H-pyrrole nitrogens is 1. The highest BCUT2D eigenvalue weighted by Crippen LogP contribution is 2.32. The average Bonchev–Trinajstić information content (AvgIpc) is 3.19. The summed E-state index contributed by atoms with van der Waals surface area (Å²) in [6.45, 7) is 3.71. The molecule has 1 atom stereocenters. The third-order valence-corrected chi connectivity index (χ3v) is 5.85. The van der Waals surface area contributed by atoms with Gasteiger partial charge in [-0.3, -0.25) is 9.89 Å². The zero-order valence-electron chi connectivity index (χ0n) is 17.5. The normalized spacial score (nSPS) is 16.4. The van der Waals surface area contributed by atoms with Crippen molar-refractivity contribution in [2.75, 3.05) is 19.6 Å². The summed E-state index contributed by atoms with van der Waals surface area (Å²) in [4.78, 5) is 20.2. The number of hydrogen-bond donors (Lipinski definition) is 3. The second-order valence-electron chi connectivity index (χ2n) is 7.90. The van der Waals surface area contributed by atoms with Crippen molar-refractivity contribution in [1.82, 2.24) is 25.4 Å². The van der Waals surface area contributed by atoms with Gasteiger partial charge in [-0.1, -0.05) is 30.3 Å². The highest BCUT2D eigenvalue weighted by molar-refractivity contribution is 6.07. The summed E-state index contributed by atoms with van der Waals surface area (Å²) in [5.74, 6) is -0.949. The van der Waals surface area contributed by atoms with Gasteiger partial charge in [0.05, 0.1) is 22.7 Å². The Hall–Kier alpha value is -3.78. The van der Waals surface area contributed by atoms with Crippen molar-refractivity contribution in [3.63, 3.8) is 0 Å². The lowest BCUT2D eigenvalue weighted by Gasteiger charge is -2.36. The number of amides is 1. The second kappa shape index (κ2) is 8.05. The number of benzene rings is 2. The van der Waals surface area contributed by atoms with Crippen molar-refractivity contribution in [2.24, 2.45) is 0 Å². The van der Waals surface area contributed by atoms with Crippen LogP contribution in [0.4, 0.5) is 4.39 Å². The third-order valence-electron chi connectivity index (χ3n) is 5.85. The molecule has 162 valence electrons. The number of aromatic nitrogens is 3. The number of pyridine rings is 1. The maximum atomic E-state index is 14.6. The molecule has 2 aromatic carbocycles. The SMILES string of the molecule is Cc1[nH]nc2nc(-c3ccc(O)cc3F)cc(C(=O)N3CCNCC3c3ccccc3)c12. The van der Waals surface area contributed by atoms with Gasteiger partial charge in [-0.15, -0.1) is 0 Å². The summed E-state index contributed by atoms with van der Waals surface area (Å²) in [6, 6.07) is 15.3. The Kier molecular flexibility index (Phi) is 5.07. The monoisotopic (exact) mass is 431 g/mol. The molecule has 2 aromatic heterocycles. The Bertz CT molecular complexity index is 1300. The fourth-order valence-corrected chi connectivity index (χ4v) is 4.27. The molecule has 1 saturated heterocycles. The number of phenolic OH excluding ortho intramolecular Hbond substituents is 1. The average molecular weight is 431 g/mol. The van der Waals surface area contributed by atoms with E-state index < -0.39 is 5.82 Å². The number of rotatable bonds is 3. The Labute approximate surface area is 183 Å². The van der Waals surface area contributed by atoms with Crippen LogP contribution >= 0.6 is 0 Å². The molecule has 5 rings (SSSR count). The number of halogens is 1. The first-order valence-electron chi connectivity index (χ1n) is 10.4. The van der Waals surface area contributed by atoms with Crippen molar-refractivity contribution in [1.29, 1.82) is 0 Å². The van der Waals surface area contributed by atoms with Crippen molar-refractivity contribution in [2.45, 2.75) is 13.0 Å². The lowest BCUT2D eigenvalue weighted by atomic mass is 10.00. The van der Waals surface area contributed by atoms with Gasteiger partial charge in [0, 0.05) is 37.0 Å². The number of nitrogens with one attached hydrogen (secondary N) is 2. The second-order valence-corrected chi connectivity index (χ2v) is 7.90. The minimum absolute atomic E-state index is 0.123. The number of carbonyl (C=O) groups is 1. The highest BCUT2D eigenvalue weighted by Gasteiger charge is 2.31. The Morgan fingerprint density at radius 3 is 2.78 bits per heavy atom. The van der Waals surface area contributed by atoms with Crippen LogP contribution in [0.1, 0.15) is 27.7 Å². The Morgan fingerprint density at radius 1 is 1.19 bits per heavy atom. The minimum atomic E-state index is -0.619. The molecule has 3 N–H and O–H groups in total. The predicted octanol–water partition coefficient (Wildman–Crippen LogP) is 3.56. The molecule has 0 spiro atoms. The van der Waals surface area contributed by atoms with Gasteiger partial charge in [-0.05, 0) is 30.7 Å². The largest absolute Gasteiger partial charge is 0.508 e. The molecule has 1 aliphatic heterocycles. The van der Waals surface area contributed by atoms with E-state index in [4.69, 9.17) is 0 Å². The molecule has 3 heterocycles. The molecule has 0 saturated carbocycles. The first-order chi connectivity index (χ1) is 15.5. The molecule has 32 heavy (non-hydrogen) atoms. The first-order valence-corrected chi connectivity index (χ1v) is 10.4. The van der Waals surface area contributed by atoms with Gasteiger partial charge in [0.15, 0.2) is 5.65 Å². The van der Waals surface area contributed by atoms with E-state index in [1.54, 1.807) is 6.07 Å². The van der Waals surface area contributed by atoms with E-state index in [-0.39, 0.29) is 29.0 Å². The number of fused-ring (bicyclic) bond motifs is 1. The number of aromatic hydroxyl groups is 1. The van der Waals surface area contributed by atoms with Gasteiger partial charge < -0.3 is 15.3 Å². The number of aryl methyl sites for hydroxylation is 1. The predicted molar refractivity (Wildman–Crippen MR) is 119 cm³/mol. The van der Waals surface area contributed by atoms with Crippen molar-refractivity contribution in [3.05, 3.63) is 77.2 Å². The number of piperazine rings is 1. The summed E-state index contributed by atoms with van der Waals surface area (Å²) >= 11 is 0. The molecule has 8 heteroatoms. The van der Waals surface area contributed by atoms with Crippen molar-refractivity contribution < 1.29 is 14.3 Å². The molecule has 0 bridgehead atoms. The summed E-state index contributed by atoms with van der Waals surface area (Å²) < 4.78 is 14.6. The summed E-state index contributed by atoms with van der Waals surface area (Å²) in [5, 5.41) is 20.7. The molecular weight excluding hydrogens is 409 g/mol. The maximum absolute atomic E-state index is 14.6. The van der Waals surface area contributed by atoms with E-state index >= 15 is 0 Å². The molecular formula is C24H22FN5O2. The number of aromatic amines is 1. The van der Waals surface area contributed by atoms with Gasteiger partial charge >= 0.3 is 0 Å².